The van der Waals surface area contributed by atoms with Crippen LogP contribution in [0, 0.1) is 0 Å². The Labute approximate surface area is 186 Å². The molecule has 2 aliphatic rings. The number of carbonyl (C=O) groups is 1. The van der Waals surface area contributed by atoms with Gasteiger partial charge in [-0.15, -0.1) is 19.4 Å². The number of amides is 1. The summed E-state index contributed by atoms with van der Waals surface area (Å²) < 4.78 is 7.67. The Bertz CT molecular complexity index is 1300. The van der Waals surface area contributed by atoms with Crippen molar-refractivity contribution >= 4 is 20.7 Å². The highest BCUT2D eigenvalue weighted by Gasteiger charge is 2.38. The average Bonchev–Trinajstić information content (AvgIpc) is 3.49. The second-order valence-corrected chi connectivity index (χ2v) is 9.64. The van der Waals surface area contributed by atoms with Gasteiger partial charge in [0, 0.05) is 30.8 Å². The van der Waals surface area contributed by atoms with Crippen molar-refractivity contribution in [2.24, 2.45) is 0 Å². The summed E-state index contributed by atoms with van der Waals surface area (Å²) in [6, 6.07) is 5.72. The van der Waals surface area contributed by atoms with E-state index in [2.05, 4.69) is 48.5 Å². The second-order valence-electron chi connectivity index (χ2n) is 8.64. The molecule has 0 spiro atoms. The normalized spacial score (nSPS) is 19.7. The predicted octanol–water partition coefficient (Wildman–Crippen LogP) is 3.43. The molecule has 0 saturated heterocycles. The monoisotopic (exact) mass is 449 g/mol. The molecule has 2 unspecified atom stereocenters. The predicted molar refractivity (Wildman–Crippen MR) is 119 cm³/mol. The fourth-order valence-corrected chi connectivity index (χ4v) is 4.92. The maximum atomic E-state index is 13.5. The molecule has 0 bridgehead atoms. The lowest BCUT2D eigenvalue weighted by Crippen LogP contribution is -2.41. The number of imidazole rings is 1. The molecule has 164 valence electrons. The van der Waals surface area contributed by atoms with Crippen LogP contribution in [-0.2, 0) is 6.42 Å². The summed E-state index contributed by atoms with van der Waals surface area (Å²) in [7, 11) is 2.83. The van der Waals surface area contributed by atoms with Crippen molar-refractivity contribution in [3.8, 4) is 0 Å². The first-order valence-corrected chi connectivity index (χ1v) is 11.7. The lowest BCUT2D eigenvalue weighted by Gasteiger charge is -2.32. The molecule has 1 amide bonds. The lowest BCUT2D eigenvalue weighted by atomic mass is 9.85. The van der Waals surface area contributed by atoms with Crippen LogP contribution in [0.4, 0.5) is 0 Å². The summed E-state index contributed by atoms with van der Waals surface area (Å²) in [6.07, 6.45) is 7.53. The Hall–Kier alpha value is -3.06. The third-order valence-electron chi connectivity index (χ3n) is 6.59. The minimum Gasteiger partial charge on any atom is -0.417 e. The minimum atomic E-state index is -0.427. The van der Waals surface area contributed by atoms with Gasteiger partial charge in [0.2, 0.25) is 5.89 Å². The Morgan fingerprint density at radius 1 is 1.34 bits per heavy atom. The maximum Gasteiger partial charge on any atom is 0.312 e. The highest BCUT2D eigenvalue weighted by Crippen LogP contribution is 2.37. The molecule has 1 N–H and O–H groups in total. The van der Waals surface area contributed by atoms with Crippen LogP contribution in [0.2, 0.25) is 0 Å². The Kier molecular flexibility index (Phi) is 4.61. The van der Waals surface area contributed by atoms with Crippen molar-refractivity contribution in [3.63, 3.8) is 0 Å². The lowest BCUT2D eigenvalue weighted by molar-refractivity contribution is 0.0642. The standard InChI is InChI=1S/C22H24N7O2P/c1-12(32)14-6-3-8-29-17(14)10-16(27-29)19-18-15(23-11-24-18)7-9-28(19)22(30)21-26-25-20(31-21)13-4-2-5-13/h3,6,8,10-13,19H,2,4-5,7,9,32H2,1H3,(H,23,24)/t12?,19-/m1/s1. The number of fused-ring (bicyclic) bond motifs is 2. The van der Waals surface area contributed by atoms with E-state index in [1.54, 1.807) is 11.2 Å². The molecule has 5 heterocycles. The van der Waals surface area contributed by atoms with Gasteiger partial charge in [-0.25, -0.2) is 9.50 Å². The van der Waals surface area contributed by atoms with Gasteiger partial charge in [-0.1, -0.05) is 19.4 Å². The van der Waals surface area contributed by atoms with Crippen molar-refractivity contribution in [1.82, 2.24) is 34.7 Å². The molecule has 0 aromatic carbocycles. The topological polar surface area (TPSA) is 105 Å². The quantitative estimate of drug-likeness (QED) is 0.479. The number of aromatic nitrogens is 6. The number of pyridine rings is 1. The van der Waals surface area contributed by atoms with E-state index in [-0.39, 0.29) is 23.4 Å². The second kappa shape index (κ2) is 7.52. The van der Waals surface area contributed by atoms with Gasteiger partial charge in [-0.2, -0.15) is 5.10 Å². The zero-order valence-corrected chi connectivity index (χ0v) is 18.9. The molecule has 9 nitrogen and oxygen atoms in total. The summed E-state index contributed by atoms with van der Waals surface area (Å²) in [5.41, 5.74) is 5.07. The molecule has 4 aromatic rings. The average molecular weight is 449 g/mol. The van der Waals surface area contributed by atoms with E-state index < -0.39 is 6.04 Å². The van der Waals surface area contributed by atoms with Crippen LogP contribution in [0.5, 0.6) is 0 Å². The third-order valence-corrected chi connectivity index (χ3v) is 6.95. The molecule has 1 aliphatic heterocycles. The Morgan fingerprint density at radius 3 is 3.00 bits per heavy atom. The van der Waals surface area contributed by atoms with E-state index in [9.17, 15) is 4.79 Å². The van der Waals surface area contributed by atoms with Gasteiger partial charge in [-0.05, 0) is 36.2 Å². The molecular weight excluding hydrogens is 425 g/mol. The van der Waals surface area contributed by atoms with E-state index in [0.717, 1.165) is 41.9 Å². The Balaban J connectivity index is 1.42. The summed E-state index contributed by atoms with van der Waals surface area (Å²) in [5, 5.41) is 13.1. The van der Waals surface area contributed by atoms with Crippen molar-refractivity contribution in [1.29, 1.82) is 0 Å². The molecule has 1 saturated carbocycles. The number of hydrogen-bond acceptors (Lipinski definition) is 6. The fourth-order valence-electron chi connectivity index (χ4n) is 4.63. The highest BCUT2D eigenvalue weighted by atomic mass is 31.0. The van der Waals surface area contributed by atoms with Crippen molar-refractivity contribution in [2.45, 2.75) is 50.2 Å². The van der Waals surface area contributed by atoms with Gasteiger partial charge in [0.05, 0.1) is 23.2 Å². The van der Waals surface area contributed by atoms with E-state index in [0.29, 0.717) is 18.9 Å². The van der Waals surface area contributed by atoms with Crippen LogP contribution >= 0.6 is 9.24 Å². The number of rotatable bonds is 4. The fraction of sp³-hybridized carbons (Fsp3) is 0.409. The first kappa shape index (κ1) is 19.6. The largest absolute Gasteiger partial charge is 0.417 e. The molecule has 1 fully saturated rings. The first-order valence-electron chi connectivity index (χ1n) is 11.0. The number of carbonyl (C=O) groups excluding carboxylic acids is 1. The van der Waals surface area contributed by atoms with Crippen LogP contribution in [-0.4, -0.2) is 47.1 Å². The number of nitrogens with zero attached hydrogens (tertiary/aromatic N) is 6. The Morgan fingerprint density at radius 2 is 2.22 bits per heavy atom. The number of nitrogens with one attached hydrogen (secondary N) is 1. The molecule has 32 heavy (non-hydrogen) atoms. The molecular formula is C22H24N7O2P. The van der Waals surface area contributed by atoms with Crippen LogP contribution in [0.1, 0.15) is 83.0 Å². The van der Waals surface area contributed by atoms with Crippen LogP contribution in [0.15, 0.2) is 35.1 Å². The summed E-state index contributed by atoms with van der Waals surface area (Å²) in [5.74, 6) is 0.614. The zero-order chi connectivity index (χ0) is 21.8. The van der Waals surface area contributed by atoms with Crippen LogP contribution < -0.4 is 0 Å². The van der Waals surface area contributed by atoms with Gasteiger partial charge >= 0.3 is 11.8 Å². The van der Waals surface area contributed by atoms with E-state index >= 15 is 0 Å². The van der Waals surface area contributed by atoms with Crippen LogP contribution in [0.25, 0.3) is 5.52 Å². The molecule has 1 aliphatic carbocycles. The number of aromatic amines is 1. The van der Waals surface area contributed by atoms with Gasteiger partial charge < -0.3 is 14.3 Å². The summed E-state index contributed by atoms with van der Waals surface area (Å²) in [4.78, 5) is 23.0. The molecule has 10 heteroatoms. The molecule has 6 rings (SSSR count). The van der Waals surface area contributed by atoms with Crippen molar-refractivity contribution in [2.75, 3.05) is 6.54 Å². The van der Waals surface area contributed by atoms with Crippen molar-refractivity contribution < 1.29 is 9.21 Å². The third kappa shape index (κ3) is 3.06. The zero-order valence-electron chi connectivity index (χ0n) is 17.7. The van der Waals surface area contributed by atoms with E-state index in [1.807, 2.05) is 16.8 Å². The SMILES string of the molecule is CC(P)c1cccn2nc([C@@H]3c4nc[nH]c4CCN3C(=O)c3nnc(C4CCC4)o3)cc12. The summed E-state index contributed by atoms with van der Waals surface area (Å²) >= 11 is 0. The number of H-pyrrole nitrogens is 1. The number of hydrogen-bond donors (Lipinski definition) is 1. The first-order chi connectivity index (χ1) is 15.6. The molecule has 3 atom stereocenters. The van der Waals surface area contributed by atoms with Crippen LogP contribution in [0.3, 0.4) is 0 Å². The van der Waals surface area contributed by atoms with Gasteiger partial charge in [0.1, 0.15) is 6.04 Å². The highest BCUT2D eigenvalue weighted by molar-refractivity contribution is 7.17. The minimum absolute atomic E-state index is 0.0407. The van der Waals surface area contributed by atoms with E-state index in [4.69, 9.17) is 9.52 Å². The van der Waals surface area contributed by atoms with Gasteiger partial charge in [0.15, 0.2) is 0 Å². The smallest absolute Gasteiger partial charge is 0.312 e. The van der Waals surface area contributed by atoms with Gasteiger partial charge in [0.25, 0.3) is 0 Å². The maximum absolute atomic E-state index is 13.5. The van der Waals surface area contributed by atoms with Crippen molar-refractivity contribution in [3.05, 3.63) is 65.1 Å². The molecule has 0 radical (unpaired) electrons. The molecule has 4 aromatic heterocycles. The van der Waals surface area contributed by atoms with E-state index in [1.165, 1.54) is 5.56 Å². The van der Waals surface area contributed by atoms with Gasteiger partial charge in [-0.3, -0.25) is 4.79 Å². The summed E-state index contributed by atoms with van der Waals surface area (Å²) in [6.45, 7) is 2.64.